The van der Waals surface area contributed by atoms with Gasteiger partial charge in [-0.2, -0.15) is 11.8 Å². The molecule has 29 heavy (non-hydrogen) atoms. The minimum atomic E-state index is -0.0480. The highest BCUT2D eigenvalue weighted by molar-refractivity contribution is 7.99. The van der Waals surface area contributed by atoms with Crippen molar-refractivity contribution in [3.05, 3.63) is 22.8 Å². The Bertz CT molecular complexity index is 707. The Morgan fingerprint density at radius 3 is 2.72 bits per heavy atom. The molecule has 0 radical (unpaired) electrons. The molecule has 5 aliphatic rings. The molecular weight excluding hydrogens is 374 g/mol. The molecule has 0 amide bonds. The maximum Gasteiger partial charge on any atom is 0.0543 e. The van der Waals surface area contributed by atoms with E-state index in [9.17, 15) is 5.11 Å². The van der Waals surface area contributed by atoms with Crippen molar-refractivity contribution in [1.82, 2.24) is 4.90 Å². The fourth-order valence-corrected chi connectivity index (χ4v) is 9.03. The Morgan fingerprint density at radius 1 is 1.14 bits per heavy atom. The summed E-state index contributed by atoms with van der Waals surface area (Å²) < 4.78 is 0. The standard InChI is InChI=1S/C26H41NOS/c1-18(17-27-12-14-29-15-13-27)22-6-7-23-21-5-4-19-16-20(28)8-10-25(19,2)24(21)9-11-26(22,23)3/h7,18-20,22,28H,4-6,8-17H2,1-3H3/t18-,19?,20?,22-,25+,26-/m1/s1. The number of hydrogen-bond donors (Lipinski definition) is 1. The maximum atomic E-state index is 10.2. The van der Waals surface area contributed by atoms with E-state index in [0.717, 1.165) is 24.7 Å². The van der Waals surface area contributed by atoms with Crippen LogP contribution in [0.4, 0.5) is 0 Å². The van der Waals surface area contributed by atoms with Gasteiger partial charge in [0, 0.05) is 31.1 Å². The molecule has 1 heterocycles. The highest BCUT2D eigenvalue weighted by atomic mass is 32.2. The molecule has 1 saturated heterocycles. The lowest BCUT2D eigenvalue weighted by atomic mass is 9.51. The van der Waals surface area contributed by atoms with Crippen molar-refractivity contribution in [2.24, 2.45) is 28.6 Å². The van der Waals surface area contributed by atoms with Gasteiger partial charge in [-0.05, 0) is 91.1 Å². The largest absolute Gasteiger partial charge is 0.393 e. The summed E-state index contributed by atoms with van der Waals surface area (Å²) in [6.07, 6.45) is 12.4. The second-order valence-corrected chi connectivity index (χ2v) is 12.5. The van der Waals surface area contributed by atoms with Gasteiger partial charge >= 0.3 is 0 Å². The van der Waals surface area contributed by atoms with Crippen molar-refractivity contribution in [2.75, 3.05) is 31.1 Å². The third-order valence-electron chi connectivity index (χ3n) is 9.82. The lowest BCUT2D eigenvalue weighted by Gasteiger charge is -2.54. The van der Waals surface area contributed by atoms with Gasteiger partial charge in [0.15, 0.2) is 0 Å². The van der Waals surface area contributed by atoms with Crippen LogP contribution >= 0.6 is 11.8 Å². The molecule has 3 heteroatoms. The van der Waals surface area contributed by atoms with Crippen LogP contribution in [0.15, 0.2) is 22.8 Å². The summed E-state index contributed by atoms with van der Waals surface area (Å²) in [6, 6.07) is 0. The van der Waals surface area contributed by atoms with E-state index in [1.165, 1.54) is 69.7 Å². The predicted molar refractivity (Wildman–Crippen MR) is 124 cm³/mol. The second kappa shape index (κ2) is 7.71. The van der Waals surface area contributed by atoms with Gasteiger partial charge in [0.1, 0.15) is 0 Å². The van der Waals surface area contributed by atoms with Crippen LogP contribution in [0.1, 0.15) is 72.1 Å². The average molecular weight is 416 g/mol. The first-order chi connectivity index (χ1) is 13.9. The third-order valence-corrected chi connectivity index (χ3v) is 10.8. The van der Waals surface area contributed by atoms with E-state index in [1.54, 1.807) is 11.1 Å². The molecule has 2 fully saturated rings. The molecule has 4 aliphatic carbocycles. The van der Waals surface area contributed by atoms with E-state index in [-0.39, 0.29) is 6.10 Å². The zero-order chi connectivity index (χ0) is 20.2. The molecule has 6 atom stereocenters. The minimum absolute atomic E-state index is 0.0480. The van der Waals surface area contributed by atoms with Crippen LogP contribution < -0.4 is 0 Å². The summed E-state index contributed by atoms with van der Waals surface area (Å²) in [7, 11) is 0. The average Bonchev–Trinajstić information content (AvgIpc) is 3.06. The van der Waals surface area contributed by atoms with Gasteiger partial charge in [-0.15, -0.1) is 0 Å². The number of rotatable bonds is 3. The van der Waals surface area contributed by atoms with Crippen LogP contribution in [0.5, 0.6) is 0 Å². The monoisotopic (exact) mass is 415 g/mol. The third kappa shape index (κ3) is 3.38. The highest BCUT2D eigenvalue weighted by Gasteiger charge is 2.53. The molecule has 2 nitrogen and oxygen atoms in total. The van der Waals surface area contributed by atoms with Crippen molar-refractivity contribution >= 4 is 11.8 Å². The molecule has 1 aliphatic heterocycles. The van der Waals surface area contributed by atoms with E-state index < -0.39 is 0 Å². The van der Waals surface area contributed by atoms with Crippen molar-refractivity contribution in [2.45, 2.75) is 78.2 Å². The first kappa shape index (κ1) is 20.6. The Hall–Kier alpha value is -0.250. The summed E-state index contributed by atoms with van der Waals surface area (Å²) >= 11 is 2.12. The lowest BCUT2D eigenvalue weighted by Crippen LogP contribution is -2.45. The number of nitrogens with zero attached hydrogens (tertiary/aromatic N) is 1. The van der Waals surface area contributed by atoms with Crippen LogP contribution in [0.25, 0.3) is 0 Å². The van der Waals surface area contributed by atoms with Gasteiger partial charge in [-0.1, -0.05) is 32.4 Å². The molecule has 2 unspecified atom stereocenters. The topological polar surface area (TPSA) is 23.5 Å². The zero-order valence-corrected chi connectivity index (χ0v) is 19.7. The summed E-state index contributed by atoms with van der Waals surface area (Å²) in [5.74, 6) is 4.96. The quantitative estimate of drug-likeness (QED) is 0.642. The molecule has 1 N–H and O–H groups in total. The molecule has 0 aromatic carbocycles. The highest BCUT2D eigenvalue weighted by Crippen LogP contribution is 2.64. The lowest BCUT2D eigenvalue weighted by molar-refractivity contribution is 0.0222. The molecule has 0 spiro atoms. The Morgan fingerprint density at radius 2 is 1.93 bits per heavy atom. The molecule has 162 valence electrons. The van der Waals surface area contributed by atoms with Crippen LogP contribution in [-0.4, -0.2) is 47.3 Å². The molecule has 5 rings (SSSR count). The van der Waals surface area contributed by atoms with E-state index in [4.69, 9.17) is 0 Å². The Balaban J connectivity index is 1.37. The molecule has 1 saturated carbocycles. The van der Waals surface area contributed by atoms with Gasteiger partial charge in [0.25, 0.3) is 0 Å². The fourth-order valence-electron chi connectivity index (χ4n) is 8.05. The van der Waals surface area contributed by atoms with Gasteiger partial charge in [0.2, 0.25) is 0 Å². The first-order valence-corrected chi connectivity index (χ1v) is 13.5. The minimum Gasteiger partial charge on any atom is -0.393 e. The number of thioether (sulfide) groups is 1. The van der Waals surface area contributed by atoms with E-state index in [0.29, 0.717) is 16.7 Å². The fraction of sp³-hybridized carbons (Fsp3) is 0.846. The van der Waals surface area contributed by atoms with Crippen molar-refractivity contribution in [3.63, 3.8) is 0 Å². The van der Waals surface area contributed by atoms with Crippen molar-refractivity contribution < 1.29 is 5.11 Å². The summed E-state index contributed by atoms with van der Waals surface area (Å²) in [6.45, 7) is 11.6. The van der Waals surface area contributed by atoms with Crippen LogP contribution in [0, 0.1) is 28.6 Å². The Kier molecular flexibility index (Phi) is 5.49. The van der Waals surface area contributed by atoms with Crippen LogP contribution in [0.3, 0.4) is 0 Å². The molecule has 0 bridgehead atoms. The molecule has 0 aromatic rings. The van der Waals surface area contributed by atoms with Gasteiger partial charge < -0.3 is 10.0 Å². The van der Waals surface area contributed by atoms with E-state index >= 15 is 0 Å². The van der Waals surface area contributed by atoms with Crippen LogP contribution in [0.2, 0.25) is 0 Å². The SMILES string of the molecule is C[C@H](CN1CCSCC1)[C@H]1CC=C2C3=C(CC[C@@]21C)[C@@]1(C)CCC(O)CC1CC3. The number of aliphatic hydroxyl groups is 1. The number of fused-ring (bicyclic) bond motifs is 4. The number of aliphatic hydroxyl groups excluding tert-OH is 1. The van der Waals surface area contributed by atoms with Gasteiger partial charge in [-0.3, -0.25) is 0 Å². The molecule has 0 aromatic heterocycles. The van der Waals surface area contributed by atoms with E-state index in [1.807, 2.05) is 5.57 Å². The van der Waals surface area contributed by atoms with Crippen molar-refractivity contribution in [3.8, 4) is 0 Å². The first-order valence-electron chi connectivity index (χ1n) is 12.3. The normalized spacial score (nSPS) is 44.0. The summed E-state index contributed by atoms with van der Waals surface area (Å²) in [4.78, 5) is 2.73. The second-order valence-electron chi connectivity index (χ2n) is 11.3. The summed E-state index contributed by atoms with van der Waals surface area (Å²) in [5.41, 5.74) is 6.11. The zero-order valence-electron chi connectivity index (χ0n) is 18.9. The van der Waals surface area contributed by atoms with Gasteiger partial charge in [-0.25, -0.2) is 0 Å². The predicted octanol–water partition coefficient (Wildman–Crippen LogP) is 5.68. The van der Waals surface area contributed by atoms with Gasteiger partial charge in [0.05, 0.1) is 6.10 Å². The van der Waals surface area contributed by atoms with Crippen LogP contribution in [-0.2, 0) is 0 Å². The maximum absolute atomic E-state index is 10.2. The Labute approximate surface area is 182 Å². The van der Waals surface area contributed by atoms with Crippen molar-refractivity contribution in [1.29, 1.82) is 0 Å². The molecular formula is C26H41NOS. The number of allylic oxidation sites excluding steroid dienone is 4. The smallest absolute Gasteiger partial charge is 0.0543 e. The van der Waals surface area contributed by atoms with E-state index in [2.05, 4.69) is 43.5 Å². The number of hydrogen-bond acceptors (Lipinski definition) is 3. The summed E-state index contributed by atoms with van der Waals surface area (Å²) in [5, 5.41) is 10.2.